The first-order valence-corrected chi connectivity index (χ1v) is 16.3. The molecule has 4 nitrogen and oxygen atoms in total. The fourth-order valence-electron chi connectivity index (χ4n) is 7.49. The molecule has 3 heterocycles. The summed E-state index contributed by atoms with van der Waals surface area (Å²) in [5, 5.41) is 7.22. The van der Waals surface area contributed by atoms with Crippen LogP contribution in [0.3, 0.4) is 0 Å². The highest BCUT2D eigenvalue weighted by atomic mass is 15.2. The third-order valence-corrected chi connectivity index (χ3v) is 9.51. The topological polar surface area (TPSA) is 35.6 Å². The zero-order valence-corrected chi connectivity index (χ0v) is 26.0. The molecule has 0 aliphatic carbocycles. The molecular formula is C44H28N4. The lowest BCUT2D eigenvalue weighted by molar-refractivity contribution is 0.998. The van der Waals surface area contributed by atoms with E-state index in [1.165, 1.54) is 43.4 Å². The van der Waals surface area contributed by atoms with Crippen molar-refractivity contribution < 1.29 is 0 Å². The van der Waals surface area contributed by atoms with E-state index in [0.29, 0.717) is 5.95 Å². The van der Waals surface area contributed by atoms with E-state index in [1.54, 1.807) is 0 Å². The summed E-state index contributed by atoms with van der Waals surface area (Å²) in [7, 11) is 0. The summed E-state index contributed by atoms with van der Waals surface area (Å²) in [6, 6.07) is 59.9. The number of hydrogen-bond donors (Lipinski definition) is 0. The summed E-state index contributed by atoms with van der Waals surface area (Å²) in [6.07, 6.45) is 0. The molecule has 0 bridgehead atoms. The molecule has 0 amide bonds. The minimum Gasteiger partial charge on any atom is -0.309 e. The van der Waals surface area contributed by atoms with E-state index in [9.17, 15) is 0 Å². The van der Waals surface area contributed by atoms with Crippen LogP contribution >= 0.6 is 0 Å². The molecule has 4 heteroatoms. The first kappa shape index (κ1) is 26.7. The highest BCUT2D eigenvalue weighted by Crippen LogP contribution is 2.46. The lowest BCUT2D eigenvalue weighted by atomic mass is 9.99. The van der Waals surface area contributed by atoms with Crippen LogP contribution in [0.2, 0.25) is 0 Å². The molecule has 0 aliphatic heterocycles. The van der Waals surface area contributed by atoms with E-state index in [4.69, 9.17) is 9.97 Å². The van der Waals surface area contributed by atoms with Gasteiger partial charge < -0.3 is 4.57 Å². The number of rotatable bonds is 4. The number of nitrogens with zero attached hydrogens (tertiary/aromatic N) is 4. The van der Waals surface area contributed by atoms with Gasteiger partial charge in [0.1, 0.15) is 0 Å². The van der Waals surface area contributed by atoms with Gasteiger partial charge in [-0.3, -0.25) is 4.57 Å². The van der Waals surface area contributed by atoms with E-state index in [0.717, 1.165) is 39.2 Å². The van der Waals surface area contributed by atoms with Crippen LogP contribution in [0.5, 0.6) is 0 Å². The van der Waals surface area contributed by atoms with Gasteiger partial charge in [0.2, 0.25) is 5.95 Å². The lowest BCUT2D eigenvalue weighted by Crippen LogP contribution is -2.04. The predicted molar refractivity (Wildman–Crippen MR) is 199 cm³/mol. The zero-order valence-electron chi connectivity index (χ0n) is 26.0. The fourth-order valence-corrected chi connectivity index (χ4v) is 7.49. The van der Waals surface area contributed by atoms with Gasteiger partial charge in [-0.25, -0.2) is 9.97 Å². The Bertz CT molecular complexity index is 2760. The predicted octanol–water partition coefficient (Wildman–Crippen LogP) is 11.2. The maximum absolute atomic E-state index is 5.33. The number of hydrogen-bond acceptors (Lipinski definition) is 2. The van der Waals surface area contributed by atoms with Crippen molar-refractivity contribution in [1.29, 1.82) is 0 Å². The number of fused-ring (bicyclic) bond motifs is 10. The van der Waals surface area contributed by atoms with Gasteiger partial charge in [0.15, 0.2) is 0 Å². The van der Waals surface area contributed by atoms with Gasteiger partial charge in [-0.1, -0.05) is 140 Å². The Morgan fingerprint density at radius 2 is 0.812 bits per heavy atom. The molecular weight excluding hydrogens is 585 g/mol. The zero-order chi connectivity index (χ0) is 31.6. The summed E-state index contributed by atoms with van der Waals surface area (Å²) >= 11 is 0. The molecule has 0 fully saturated rings. The highest BCUT2D eigenvalue weighted by Gasteiger charge is 2.25. The molecule has 7 aromatic carbocycles. The van der Waals surface area contributed by atoms with E-state index < -0.39 is 0 Å². The summed E-state index contributed by atoms with van der Waals surface area (Å²) in [5.74, 6) is 0.647. The Morgan fingerprint density at radius 3 is 1.42 bits per heavy atom. The average molecular weight is 613 g/mol. The van der Waals surface area contributed by atoms with Crippen molar-refractivity contribution in [3.8, 4) is 34.2 Å². The second-order valence-electron chi connectivity index (χ2n) is 12.2. The van der Waals surface area contributed by atoms with Gasteiger partial charge in [0, 0.05) is 43.7 Å². The number of benzene rings is 7. The molecule has 0 aliphatic rings. The largest absolute Gasteiger partial charge is 0.309 e. The SMILES string of the molecule is c1ccc(-c2cc(-c3ccccc3)nc(-n3c4ccccc4c4c3c3ccccc3c3c5ccccc5n(-c5ccccc5)c34)n2)cc1. The average Bonchev–Trinajstić information content (AvgIpc) is 3.70. The first-order valence-electron chi connectivity index (χ1n) is 16.3. The lowest BCUT2D eigenvalue weighted by Gasteiger charge is -2.14. The molecule has 3 aromatic heterocycles. The van der Waals surface area contributed by atoms with E-state index >= 15 is 0 Å². The van der Waals surface area contributed by atoms with Crippen LogP contribution in [0.4, 0.5) is 0 Å². The van der Waals surface area contributed by atoms with Crippen molar-refractivity contribution in [2.45, 2.75) is 0 Å². The maximum atomic E-state index is 5.33. The van der Waals surface area contributed by atoms with Gasteiger partial charge in [-0.2, -0.15) is 0 Å². The number of para-hydroxylation sites is 3. The fraction of sp³-hybridized carbons (Fsp3) is 0. The van der Waals surface area contributed by atoms with Crippen molar-refractivity contribution in [1.82, 2.24) is 19.1 Å². The van der Waals surface area contributed by atoms with Crippen molar-refractivity contribution in [2.75, 3.05) is 0 Å². The van der Waals surface area contributed by atoms with E-state index in [1.807, 2.05) is 12.1 Å². The standard InChI is InChI=1S/C44H28N4/c1-4-16-29(17-5-1)36-28-37(30-18-6-2-7-19-30)46-44(45-36)48-39-27-15-13-25-35(39)41-42(48)33-23-11-10-22-32(33)40-34-24-12-14-26-38(34)47(43(40)41)31-20-8-3-9-21-31/h1-28H. The smallest absolute Gasteiger partial charge is 0.235 e. The molecule has 10 aromatic rings. The van der Waals surface area contributed by atoms with Gasteiger partial charge in [0.05, 0.1) is 33.5 Å². The van der Waals surface area contributed by atoms with Crippen molar-refractivity contribution in [3.63, 3.8) is 0 Å². The van der Waals surface area contributed by atoms with Crippen LogP contribution in [0.15, 0.2) is 170 Å². The van der Waals surface area contributed by atoms with Gasteiger partial charge >= 0.3 is 0 Å². The number of aromatic nitrogens is 4. The third kappa shape index (κ3) is 3.90. The minimum absolute atomic E-state index is 0.647. The molecule has 0 saturated carbocycles. The minimum atomic E-state index is 0.647. The molecule has 0 unspecified atom stereocenters. The molecule has 0 saturated heterocycles. The van der Waals surface area contributed by atoms with Crippen molar-refractivity contribution >= 4 is 54.4 Å². The van der Waals surface area contributed by atoms with Gasteiger partial charge in [-0.15, -0.1) is 0 Å². The molecule has 10 rings (SSSR count). The third-order valence-electron chi connectivity index (χ3n) is 9.51. The summed E-state index contributed by atoms with van der Waals surface area (Å²) < 4.78 is 4.73. The Morgan fingerprint density at radius 1 is 0.354 bits per heavy atom. The van der Waals surface area contributed by atoms with Crippen LogP contribution in [0.1, 0.15) is 0 Å². The van der Waals surface area contributed by atoms with Crippen molar-refractivity contribution in [3.05, 3.63) is 170 Å². The highest BCUT2D eigenvalue weighted by molar-refractivity contribution is 6.36. The molecule has 48 heavy (non-hydrogen) atoms. The Hall–Kier alpha value is -6.52. The van der Waals surface area contributed by atoms with E-state index in [-0.39, 0.29) is 0 Å². The summed E-state index contributed by atoms with van der Waals surface area (Å²) in [5.41, 5.74) is 9.54. The maximum Gasteiger partial charge on any atom is 0.235 e. The molecule has 0 atom stereocenters. The molecule has 0 N–H and O–H groups in total. The first-order chi connectivity index (χ1) is 23.8. The second kappa shape index (κ2) is 10.5. The monoisotopic (exact) mass is 612 g/mol. The van der Waals surface area contributed by atoms with E-state index in [2.05, 4.69) is 167 Å². The van der Waals surface area contributed by atoms with Gasteiger partial charge in [0.25, 0.3) is 0 Å². The normalized spacial score (nSPS) is 11.8. The quantitative estimate of drug-likeness (QED) is 0.198. The van der Waals surface area contributed by atoms with Crippen LogP contribution < -0.4 is 0 Å². The molecule has 0 spiro atoms. The van der Waals surface area contributed by atoms with Crippen LogP contribution in [-0.4, -0.2) is 19.1 Å². The molecule has 0 radical (unpaired) electrons. The van der Waals surface area contributed by atoms with Crippen molar-refractivity contribution in [2.24, 2.45) is 0 Å². The van der Waals surface area contributed by atoms with Crippen LogP contribution in [0.25, 0.3) is 88.5 Å². The Kier molecular flexibility index (Phi) is 5.84. The van der Waals surface area contributed by atoms with Gasteiger partial charge in [-0.05, 0) is 35.7 Å². The molecule has 224 valence electrons. The summed E-state index contributed by atoms with van der Waals surface area (Å²) in [6.45, 7) is 0. The Balaban J connectivity index is 1.44. The second-order valence-corrected chi connectivity index (χ2v) is 12.2. The van der Waals surface area contributed by atoms with Crippen LogP contribution in [-0.2, 0) is 0 Å². The van der Waals surface area contributed by atoms with Crippen LogP contribution in [0, 0.1) is 0 Å². The Labute approximate surface area is 276 Å². The summed E-state index contributed by atoms with van der Waals surface area (Å²) in [4.78, 5) is 10.7.